The number of aromatic nitrogens is 3. The highest BCUT2D eigenvalue weighted by molar-refractivity contribution is 6.28. The summed E-state index contributed by atoms with van der Waals surface area (Å²) < 4.78 is 0. The van der Waals surface area contributed by atoms with Gasteiger partial charge in [0.05, 0.1) is 0 Å². The van der Waals surface area contributed by atoms with Crippen molar-refractivity contribution in [2.45, 2.75) is 46.0 Å². The van der Waals surface area contributed by atoms with E-state index in [4.69, 9.17) is 11.6 Å². The van der Waals surface area contributed by atoms with E-state index in [1.54, 1.807) is 0 Å². The van der Waals surface area contributed by atoms with Crippen LogP contribution in [0.5, 0.6) is 0 Å². The molecule has 1 heterocycles. The number of halogens is 1. The number of rotatable bonds is 5. The summed E-state index contributed by atoms with van der Waals surface area (Å²) in [6.07, 6.45) is 6.52. The molecule has 1 aromatic rings. The third-order valence-electron chi connectivity index (χ3n) is 3.68. The number of hydrogen-bond acceptors (Lipinski definition) is 5. The topological polar surface area (TPSA) is 62.7 Å². The fourth-order valence-corrected chi connectivity index (χ4v) is 2.70. The Hall–Kier alpha value is -1.10. The van der Waals surface area contributed by atoms with Gasteiger partial charge in [-0.2, -0.15) is 15.0 Å². The zero-order chi connectivity index (χ0) is 13.7. The summed E-state index contributed by atoms with van der Waals surface area (Å²) in [5.74, 6) is 1.08. The molecule has 2 N–H and O–H groups in total. The maximum absolute atomic E-state index is 5.90. The molecular formula is C13H22ClN5. The van der Waals surface area contributed by atoms with Crippen LogP contribution in [0.1, 0.15) is 46.0 Å². The number of anilines is 2. The molecule has 0 saturated heterocycles. The first-order chi connectivity index (χ1) is 9.11. The van der Waals surface area contributed by atoms with Crippen LogP contribution in [0, 0.1) is 5.41 Å². The van der Waals surface area contributed by atoms with Crippen LogP contribution in [0.2, 0.25) is 5.28 Å². The first-order valence-electron chi connectivity index (χ1n) is 7.01. The average molecular weight is 284 g/mol. The van der Waals surface area contributed by atoms with E-state index in [1.807, 2.05) is 6.92 Å². The second-order valence-electron chi connectivity index (χ2n) is 5.51. The smallest absolute Gasteiger partial charge is 0.228 e. The van der Waals surface area contributed by atoms with Gasteiger partial charge < -0.3 is 10.6 Å². The molecule has 0 radical (unpaired) electrons. The molecular weight excluding hydrogens is 262 g/mol. The Kier molecular flexibility index (Phi) is 4.80. The van der Waals surface area contributed by atoms with Gasteiger partial charge in [-0.1, -0.05) is 26.2 Å². The minimum Gasteiger partial charge on any atom is -0.354 e. The van der Waals surface area contributed by atoms with Crippen molar-refractivity contribution < 1.29 is 0 Å². The van der Waals surface area contributed by atoms with Crippen LogP contribution in [0.3, 0.4) is 0 Å². The Labute approximate surface area is 119 Å². The highest BCUT2D eigenvalue weighted by Crippen LogP contribution is 2.35. The van der Waals surface area contributed by atoms with E-state index < -0.39 is 0 Å². The molecule has 0 bridgehead atoms. The molecule has 0 aliphatic heterocycles. The third kappa shape index (κ3) is 4.20. The van der Waals surface area contributed by atoms with Gasteiger partial charge in [-0.15, -0.1) is 0 Å². The van der Waals surface area contributed by atoms with Gasteiger partial charge in [0.25, 0.3) is 0 Å². The Bertz CT molecular complexity index is 417. The van der Waals surface area contributed by atoms with Gasteiger partial charge in [-0.05, 0) is 36.8 Å². The van der Waals surface area contributed by atoms with Crippen molar-refractivity contribution in [1.29, 1.82) is 0 Å². The van der Waals surface area contributed by atoms with Crippen molar-refractivity contribution in [2.75, 3.05) is 23.7 Å². The molecule has 5 nitrogen and oxygen atoms in total. The standard InChI is InChI=1S/C13H22ClN5/c1-3-15-11-17-10(14)18-12(19-11)16-9-13(2)7-5-4-6-8-13/h3-9H2,1-2H3,(H2,15,16,17,18,19). The number of hydrogen-bond donors (Lipinski definition) is 2. The van der Waals surface area contributed by atoms with Crippen molar-refractivity contribution in [3.8, 4) is 0 Å². The first kappa shape index (κ1) is 14.3. The summed E-state index contributed by atoms with van der Waals surface area (Å²) in [5.41, 5.74) is 0.343. The molecule has 0 aromatic carbocycles. The predicted molar refractivity (Wildman–Crippen MR) is 78.7 cm³/mol. The van der Waals surface area contributed by atoms with Crippen LogP contribution in [-0.2, 0) is 0 Å². The summed E-state index contributed by atoms with van der Waals surface area (Å²) >= 11 is 5.90. The molecule has 0 unspecified atom stereocenters. The van der Waals surface area contributed by atoms with E-state index in [9.17, 15) is 0 Å². The van der Waals surface area contributed by atoms with Crippen LogP contribution in [-0.4, -0.2) is 28.0 Å². The highest BCUT2D eigenvalue weighted by atomic mass is 35.5. The van der Waals surface area contributed by atoms with Gasteiger partial charge in [0, 0.05) is 13.1 Å². The van der Waals surface area contributed by atoms with Crippen LogP contribution in [0.15, 0.2) is 0 Å². The summed E-state index contributed by atoms with van der Waals surface area (Å²) in [5, 5.41) is 6.58. The van der Waals surface area contributed by atoms with Gasteiger partial charge in [0.2, 0.25) is 17.2 Å². The predicted octanol–water partition coefficient (Wildman–Crippen LogP) is 3.34. The van der Waals surface area contributed by atoms with Crippen molar-refractivity contribution in [2.24, 2.45) is 5.41 Å². The minimum atomic E-state index is 0.224. The minimum absolute atomic E-state index is 0.224. The van der Waals surface area contributed by atoms with Crippen molar-refractivity contribution in [3.05, 3.63) is 5.28 Å². The van der Waals surface area contributed by atoms with Gasteiger partial charge in [-0.25, -0.2) is 0 Å². The molecule has 6 heteroatoms. The molecule has 19 heavy (non-hydrogen) atoms. The Morgan fingerprint density at radius 3 is 2.32 bits per heavy atom. The summed E-state index contributed by atoms with van der Waals surface area (Å²) in [6.45, 7) is 5.97. The maximum Gasteiger partial charge on any atom is 0.228 e. The zero-order valence-electron chi connectivity index (χ0n) is 11.7. The molecule has 2 rings (SSSR count). The normalized spacial score (nSPS) is 18.1. The molecule has 0 atom stereocenters. The van der Waals surface area contributed by atoms with Crippen LogP contribution in [0.25, 0.3) is 0 Å². The fraction of sp³-hybridized carbons (Fsp3) is 0.769. The van der Waals surface area contributed by atoms with Crippen molar-refractivity contribution >= 4 is 23.5 Å². The van der Waals surface area contributed by atoms with Crippen molar-refractivity contribution in [1.82, 2.24) is 15.0 Å². The molecule has 1 fully saturated rings. The molecule has 1 aromatic heterocycles. The number of nitrogens with one attached hydrogen (secondary N) is 2. The molecule has 1 aliphatic rings. The molecule has 1 aliphatic carbocycles. The van der Waals surface area contributed by atoms with Gasteiger partial charge in [-0.3, -0.25) is 0 Å². The molecule has 0 spiro atoms. The lowest BCUT2D eigenvalue weighted by molar-refractivity contribution is 0.233. The Morgan fingerprint density at radius 1 is 1.05 bits per heavy atom. The fourth-order valence-electron chi connectivity index (χ4n) is 2.54. The second-order valence-corrected chi connectivity index (χ2v) is 5.84. The van der Waals surface area contributed by atoms with Gasteiger partial charge >= 0.3 is 0 Å². The maximum atomic E-state index is 5.90. The molecule has 106 valence electrons. The summed E-state index contributed by atoms with van der Waals surface area (Å²) in [7, 11) is 0. The van der Waals surface area contributed by atoms with Gasteiger partial charge in [0.15, 0.2) is 0 Å². The second kappa shape index (κ2) is 6.37. The third-order valence-corrected chi connectivity index (χ3v) is 3.85. The van der Waals surface area contributed by atoms with E-state index in [0.29, 0.717) is 17.3 Å². The molecule has 0 amide bonds. The van der Waals surface area contributed by atoms with E-state index >= 15 is 0 Å². The monoisotopic (exact) mass is 283 g/mol. The zero-order valence-corrected chi connectivity index (χ0v) is 12.4. The highest BCUT2D eigenvalue weighted by Gasteiger charge is 2.26. The molecule has 1 saturated carbocycles. The van der Waals surface area contributed by atoms with Crippen molar-refractivity contribution in [3.63, 3.8) is 0 Å². The van der Waals surface area contributed by atoms with E-state index in [-0.39, 0.29) is 5.28 Å². The van der Waals surface area contributed by atoms with E-state index in [2.05, 4.69) is 32.5 Å². The SMILES string of the molecule is CCNc1nc(Cl)nc(NCC2(C)CCCCC2)n1. The van der Waals surface area contributed by atoms with Crippen LogP contribution >= 0.6 is 11.6 Å². The van der Waals surface area contributed by atoms with Crippen LogP contribution < -0.4 is 10.6 Å². The Balaban J connectivity index is 1.98. The average Bonchev–Trinajstić information content (AvgIpc) is 2.37. The largest absolute Gasteiger partial charge is 0.354 e. The first-order valence-corrected chi connectivity index (χ1v) is 7.38. The number of nitrogens with zero attached hydrogens (tertiary/aromatic N) is 3. The lowest BCUT2D eigenvalue weighted by atomic mass is 9.76. The summed E-state index contributed by atoms with van der Waals surface area (Å²) in [4.78, 5) is 12.5. The summed E-state index contributed by atoms with van der Waals surface area (Å²) in [6, 6.07) is 0. The quantitative estimate of drug-likeness (QED) is 0.868. The lowest BCUT2D eigenvalue weighted by Gasteiger charge is -2.33. The lowest BCUT2D eigenvalue weighted by Crippen LogP contribution is -2.29. The van der Waals surface area contributed by atoms with Crippen LogP contribution in [0.4, 0.5) is 11.9 Å². The Morgan fingerprint density at radius 2 is 1.68 bits per heavy atom. The van der Waals surface area contributed by atoms with Gasteiger partial charge in [0.1, 0.15) is 0 Å². The van der Waals surface area contributed by atoms with E-state index in [1.165, 1.54) is 32.1 Å². The van der Waals surface area contributed by atoms with E-state index in [0.717, 1.165) is 13.1 Å².